The van der Waals surface area contributed by atoms with Gasteiger partial charge in [0.05, 0.1) is 12.8 Å². The maximum atomic E-state index is 2.62. The molecule has 4 nitrogen and oxygen atoms in total. The Kier molecular flexibility index (Phi) is 13.7. The summed E-state index contributed by atoms with van der Waals surface area (Å²) in [7, 11) is 0. The van der Waals surface area contributed by atoms with Crippen molar-refractivity contribution in [2.45, 2.75) is 114 Å². The van der Waals surface area contributed by atoms with E-state index in [-0.39, 0.29) is 0 Å². The van der Waals surface area contributed by atoms with Gasteiger partial charge in [-0.25, -0.2) is 0 Å². The number of fused-ring (bicyclic) bond motifs is 6. The summed E-state index contributed by atoms with van der Waals surface area (Å²) in [5.74, 6) is 0. The predicted molar refractivity (Wildman–Crippen MR) is 300 cm³/mol. The van der Waals surface area contributed by atoms with Crippen LogP contribution in [0.5, 0.6) is 0 Å². The van der Waals surface area contributed by atoms with Crippen LogP contribution in [0.25, 0.3) is 0 Å². The number of benzene rings is 8. The van der Waals surface area contributed by atoms with Crippen molar-refractivity contribution in [1.82, 2.24) is 0 Å². The molecule has 12 rings (SSSR count). The molecule has 8 aromatic rings. The van der Waals surface area contributed by atoms with Crippen molar-refractivity contribution in [2.75, 3.05) is 9.80 Å². The Morgan fingerprint density at radius 1 is 0.338 bits per heavy atom. The monoisotopic (exact) mass is 931 g/mol. The number of hydrogen-bond acceptors (Lipinski definition) is 2. The number of hydrogen-bond donors (Lipinski definition) is 0. The SMILES string of the molecule is CC.CC.Cc1ccc2c(c1)Cc1cc(C)ccc1N2Cc1ccc(C[N+]2=C(CC3=[N+](Cc4ccc(CN5c6ccc(C)cc6Cc6cc(C)ccc65)cc4)c4ccccc4C3)Cc3ccccc32)cc1. The van der Waals surface area contributed by atoms with E-state index in [1.165, 1.54) is 123 Å². The summed E-state index contributed by atoms with van der Waals surface area (Å²) in [5, 5.41) is 0. The highest BCUT2D eigenvalue weighted by atomic mass is 15.2. The first kappa shape index (κ1) is 47.4. The minimum absolute atomic E-state index is 0.842. The van der Waals surface area contributed by atoms with E-state index in [4.69, 9.17) is 0 Å². The van der Waals surface area contributed by atoms with Crippen molar-refractivity contribution in [1.29, 1.82) is 0 Å². The van der Waals surface area contributed by atoms with Gasteiger partial charge in [0.1, 0.15) is 6.42 Å². The van der Waals surface area contributed by atoms with Crippen LogP contribution >= 0.6 is 0 Å². The molecule has 0 unspecified atom stereocenters. The molecule has 0 saturated heterocycles. The summed E-state index contributed by atoms with van der Waals surface area (Å²) in [6, 6.07) is 64.8. The molecule has 0 fully saturated rings. The third kappa shape index (κ3) is 9.65. The smallest absolute Gasteiger partial charge is 0.209 e. The minimum Gasteiger partial charge on any atom is -0.337 e. The molecule has 356 valence electrons. The molecule has 4 heteroatoms. The Labute approximate surface area is 423 Å². The van der Waals surface area contributed by atoms with Crippen LogP contribution in [-0.4, -0.2) is 20.6 Å². The number of anilines is 4. The van der Waals surface area contributed by atoms with Crippen LogP contribution in [0.1, 0.15) is 112 Å². The Hall–Kier alpha value is -7.30. The van der Waals surface area contributed by atoms with E-state index in [2.05, 4.69) is 217 Å². The van der Waals surface area contributed by atoms with Gasteiger partial charge in [-0.3, -0.25) is 0 Å². The van der Waals surface area contributed by atoms with Gasteiger partial charge in [0, 0.05) is 83.1 Å². The molecule has 8 aromatic carbocycles. The molecule has 0 saturated carbocycles. The maximum absolute atomic E-state index is 2.62. The summed E-state index contributed by atoms with van der Waals surface area (Å²) in [5.41, 5.74) is 30.0. The fourth-order valence-electron chi connectivity index (χ4n) is 11.5. The van der Waals surface area contributed by atoms with Crippen LogP contribution in [-0.2, 0) is 51.9 Å². The molecule has 0 amide bonds. The number of rotatable bonds is 10. The molecule has 0 bridgehead atoms. The van der Waals surface area contributed by atoms with Gasteiger partial charge in [0.25, 0.3) is 0 Å². The fourth-order valence-corrected chi connectivity index (χ4v) is 11.5. The lowest BCUT2D eigenvalue weighted by Crippen LogP contribution is -2.23. The normalized spacial score (nSPS) is 13.8. The lowest BCUT2D eigenvalue weighted by Gasteiger charge is -2.34. The second kappa shape index (κ2) is 20.6. The van der Waals surface area contributed by atoms with Crippen LogP contribution in [0.4, 0.5) is 34.1 Å². The molecule has 0 spiro atoms. The molecule has 4 aliphatic heterocycles. The summed E-state index contributed by atoms with van der Waals surface area (Å²) in [6.45, 7) is 20.2. The van der Waals surface area contributed by atoms with Gasteiger partial charge in [-0.15, -0.1) is 0 Å². The quantitative estimate of drug-likeness (QED) is 0.127. The minimum atomic E-state index is 0.842. The number of para-hydroxylation sites is 2. The van der Waals surface area contributed by atoms with Crippen LogP contribution in [0.15, 0.2) is 170 Å². The molecule has 0 N–H and O–H groups in total. The van der Waals surface area contributed by atoms with Crippen molar-refractivity contribution in [3.63, 3.8) is 0 Å². The van der Waals surface area contributed by atoms with Gasteiger partial charge in [-0.1, -0.05) is 183 Å². The third-order valence-electron chi connectivity index (χ3n) is 14.8. The second-order valence-corrected chi connectivity index (χ2v) is 19.8. The van der Waals surface area contributed by atoms with Crippen LogP contribution in [0.3, 0.4) is 0 Å². The van der Waals surface area contributed by atoms with Crippen LogP contribution in [0.2, 0.25) is 0 Å². The van der Waals surface area contributed by atoms with E-state index in [9.17, 15) is 0 Å². The zero-order valence-corrected chi connectivity index (χ0v) is 43.3. The number of aryl methyl sites for hydroxylation is 4. The van der Waals surface area contributed by atoms with Crippen molar-refractivity contribution in [3.8, 4) is 0 Å². The van der Waals surface area contributed by atoms with E-state index in [1.807, 2.05) is 27.7 Å². The van der Waals surface area contributed by atoms with Gasteiger partial charge in [-0.2, -0.15) is 9.15 Å². The van der Waals surface area contributed by atoms with Crippen molar-refractivity contribution < 1.29 is 9.15 Å². The van der Waals surface area contributed by atoms with Gasteiger partial charge in [-0.05, 0) is 85.3 Å². The highest BCUT2D eigenvalue weighted by Crippen LogP contribution is 2.42. The third-order valence-corrected chi connectivity index (χ3v) is 14.8. The van der Waals surface area contributed by atoms with Crippen LogP contribution < -0.4 is 9.80 Å². The first-order chi connectivity index (χ1) is 34.8. The molecular weight excluding hydrogens is 861 g/mol. The zero-order valence-electron chi connectivity index (χ0n) is 43.3. The summed E-state index contributed by atoms with van der Waals surface area (Å²) in [6.07, 6.45) is 4.87. The van der Waals surface area contributed by atoms with Crippen molar-refractivity contribution in [3.05, 3.63) is 248 Å². The zero-order chi connectivity index (χ0) is 49.2. The largest absolute Gasteiger partial charge is 0.337 e. The standard InChI is InChI=1S/C63H58N4.2C2H6/c1-42-13-25-60-52(29-42)33-53-30-43(2)14-26-61(53)66(60)40-48-21-17-46(18-22-48)38-64-56(35-50-9-5-7-11-58(50)64)37-57-36-51-10-6-8-12-59(51)65(57)39-47-19-23-49(24-20-47)41-67-62-27-15-44(3)31-54(62)34-55-32-45(4)16-28-63(55)67;2*1-2/h5-32H,33-41H2,1-4H3;2*1-2H3/q+2;;. The summed E-state index contributed by atoms with van der Waals surface area (Å²) >= 11 is 0. The molecule has 71 heavy (non-hydrogen) atoms. The first-order valence-electron chi connectivity index (χ1n) is 26.3. The second-order valence-electron chi connectivity index (χ2n) is 19.8. The summed E-state index contributed by atoms with van der Waals surface area (Å²) < 4.78 is 5.24. The highest BCUT2D eigenvalue weighted by molar-refractivity contribution is 6.05. The molecule has 0 aromatic heterocycles. The molecule has 0 radical (unpaired) electrons. The Morgan fingerprint density at radius 2 is 0.648 bits per heavy atom. The van der Waals surface area contributed by atoms with E-state index in [1.54, 1.807) is 0 Å². The van der Waals surface area contributed by atoms with E-state index < -0.39 is 0 Å². The number of nitrogens with zero attached hydrogens (tertiary/aromatic N) is 4. The molecule has 4 aliphatic rings. The van der Waals surface area contributed by atoms with Crippen molar-refractivity contribution >= 4 is 45.5 Å². The van der Waals surface area contributed by atoms with Gasteiger partial charge >= 0.3 is 0 Å². The van der Waals surface area contributed by atoms with Crippen molar-refractivity contribution in [2.24, 2.45) is 0 Å². The molecule has 4 heterocycles. The Bertz CT molecular complexity index is 2990. The lowest BCUT2D eigenvalue weighted by atomic mass is 9.92. The average Bonchev–Trinajstić information content (AvgIpc) is 3.91. The Balaban J connectivity index is 0.00000142. The maximum Gasteiger partial charge on any atom is 0.209 e. The first-order valence-corrected chi connectivity index (χ1v) is 26.3. The van der Waals surface area contributed by atoms with E-state index >= 15 is 0 Å². The van der Waals surface area contributed by atoms with Crippen LogP contribution in [0, 0.1) is 27.7 Å². The molecular formula is C67H70N4+2. The van der Waals surface area contributed by atoms with E-state index in [0.29, 0.717) is 0 Å². The van der Waals surface area contributed by atoms with E-state index in [0.717, 1.165) is 58.3 Å². The van der Waals surface area contributed by atoms with Gasteiger partial charge < -0.3 is 9.80 Å². The Morgan fingerprint density at radius 3 is 0.986 bits per heavy atom. The highest BCUT2D eigenvalue weighted by Gasteiger charge is 2.37. The fraction of sp³-hybridized carbons (Fsp3) is 0.254. The van der Waals surface area contributed by atoms with Gasteiger partial charge in [0.2, 0.25) is 11.4 Å². The average molecular weight is 931 g/mol. The van der Waals surface area contributed by atoms with Gasteiger partial charge in [0.15, 0.2) is 24.5 Å². The topological polar surface area (TPSA) is 12.5 Å². The molecule has 0 atom stereocenters. The lowest BCUT2D eigenvalue weighted by molar-refractivity contribution is -0.461. The molecule has 0 aliphatic carbocycles. The predicted octanol–water partition coefficient (Wildman–Crippen LogP) is 16.2. The summed E-state index contributed by atoms with van der Waals surface area (Å²) in [4.78, 5) is 5.05.